The average molecular weight is 219 g/mol. The van der Waals surface area contributed by atoms with Gasteiger partial charge in [0.1, 0.15) is 0 Å². The van der Waals surface area contributed by atoms with Crippen molar-refractivity contribution in [1.29, 1.82) is 0 Å². The van der Waals surface area contributed by atoms with Crippen molar-refractivity contribution >= 4 is 11.7 Å². The van der Waals surface area contributed by atoms with Crippen LogP contribution in [0.5, 0.6) is 0 Å². The highest BCUT2D eigenvalue weighted by Gasteiger charge is 2.26. The zero-order chi connectivity index (χ0) is 11.7. The molecule has 1 aliphatic carbocycles. The molecule has 1 atom stereocenters. The van der Waals surface area contributed by atoms with Crippen LogP contribution in [-0.2, 0) is 11.2 Å². The van der Waals surface area contributed by atoms with E-state index in [-0.39, 0.29) is 5.92 Å². The van der Waals surface area contributed by atoms with Crippen molar-refractivity contribution in [3.63, 3.8) is 0 Å². The Morgan fingerprint density at radius 1 is 1.44 bits per heavy atom. The molecule has 1 aromatic rings. The van der Waals surface area contributed by atoms with Crippen molar-refractivity contribution in [3.05, 3.63) is 29.3 Å². The Labute approximate surface area is 95.7 Å². The van der Waals surface area contributed by atoms with Crippen molar-refractivity contribution in [2.75, 3.05) is 19.0 Å². The number of rotatable bonds is 2. The molecule has 0 saturated heterocycles. The lowest BCUT2D eigenvalue weighted by atomic mass is 9.82. The van der Waals surface area contributed by atoms with E-state index in [1.165, 1.54) is 5.56 Å². The maximum absolute atomic E-state index is 11.1. The molecule has 1 unspecified atom stereocenters. The molecule has 0 aromatic heterocycles. The zero-order valence-electron chi connectivity index (χ0n) is 9.73. The SMILES string of the molecule is CN(C)c1ccc2c(c1)CCCC2C(=O)O. The molecule has 86 valence electrons. The van der Waals surface area contributed by atoms with E-state index in [0.717, 1.165) is 30.5 Å². The first-order chi connectivity index (χ1) is 7.59. The minimum atomic E-state index is -0.696. The van der Waals surface area contributed by atoms with Gasteiger partial charge in [-0.15, -0.1) is 0 Å². The minimum Gasteiger partial charge on any atom is -0.481 e. The highest BCUT2D eigenvalue weighted by atomic mass is 16.4. The van der Waals surface area contributed by atoms with Crippen molar-refractivity contribution in [1.82, 2.24) is 0 Å². The first kappa shape index (κ1) is 11.0. The van der Waals surface area contributed by atoms with Crippen LogP contribution < -0.4 is 4.90 Å². The molecule has 0 heterocycles. The number of carbonyl (C=O) groups is 1. The van der Waals surface area contributed by atoms with E-state index in [1.807, 2.05) is 31.1 Å². The number of fused-ring (bicyclic) bond motifs is 1. The third kappa shape index (κ3) is 1.90. The second-order valence-corrected chi connectivity index (χ2v) is 4.56. The number of benzene rings is 1. The molecule has 0 aliphatic heterocycles. The van der Waals surface area contributed by atoms with Gasteiger partial charge < -0.3 is 10.0 Å². The molecule has 1 N–H and O–H groups in total. The number of anilines is 1. The quantitative estimate of drug-likeness (QED) is 0.829. The Bertz CT molecular complexity index is 412. The second-order valence-electron chi connectivity index (χ2n) is 4.56. The van der Waals surface area contributed by atoms with E-state index in [1.54, 1.807) is 0 Å². The molecule has 0 bridgehead atoms. The van der Waals surface area contributed by atoms with E-state index in [2.05, 4.69) is 6.07 Å². The van der Waals surface area contributed by atoms with Crippen molar-refractivity contribution in [2.45, 2.75) is 25.2 Å². The van der Waals surface area contributed by atoms with Crippen molar-refractivity contribution < 1.29 is 9.90 Å². The summed E-state index contributed by atoms with van der Waals surface area (Å²) in [6.45, 7) is 0. The summed E-state index contributed by atoms with van der Waals surface area (Å²) in [5.74, 6) is -1.00. The maximum atomic E-state index is 11.1. The van der Waals surface area contributed by atoms with E-state index in [4.69, 9.17) is 5.11 Å². The van der Waals surface area contributed by atoms with Gasteiger partial charge in [-0.2, -0.15) is 0 Å². The number of carboxylic acid groups (broad SMARTS) is 1. The lowest BCUT2D eigenvalue weighted by Gasteiger charge is -2.24. The zero-order valence-corrected chi connectivity index (χ0v) is 9.73. The molecule has 16 heavy (non-hydrogen) atoms. The monoisotopic (exact) mass is 219 g/mol. The first-order valence-electron chi connectivity index (χ1n) is 5.62. The molecule has 1 aliphatic rings. The Hall–Kier alpha value is -1.51. The molecule has 0 saturated carbocycles. The molecule has 1 aromatic carbocycles. The third-order valence-corrected chi connectivity index (χ3v) is 3.26. The van der Waals surface area contributed by atoms with Gasteiger partial charge in [-0.3, -0.25) is 4.79 Å². The first-order valence-corrected chi connectivity index (χ1v) is 5.62. The summed E-state index contributed by atoms with van der Waals surface area (Å²) in [5, 5.41) is 9.15. The molecule has 2 rings (SSSR count). The van der Waals surface area contributed by atoms with Crippen LogP contribution in [0.4, 0.5) is 5.69 Å². The third-order valence-electron chi connectivity index (χ3n) is 3.26. The Morgan fingerprint density at radius 2 is 2.19 bits per heavy atom. The van der Waals surface area contributed by atoms with Gasteiger partial charge in [0.2, 0.25) is 0 Å². The summed E-state index contributed by atoms with van der Waals surface area (Å²) in [7, 11) is 4.00. The predicted molar refractivity (Wildman–Crippen MR) is 64.1 cm³/mol. The van der Waals surface area contributed by atoms with Crippen LogP contribution in [0.1, 0.15) is 29.9 Å². The molecule has 0 amide bonds. The fourth-order valence-electron chi connectivity index (χ4n) is 2.34. The largest absolute Gasteiger partial charge is 0.481 e. The summed E-state index contributed by atoms with van der Waals surface area (Å²) in [4.78, 5) is 13.2. The molecule has 0 radical (unpaired) electrons. The van der Waals surface area contributed by atoms with E-state index >= 15 is 0 Å². The summed E-state index contributed by atoms with van der Waals surface area (Å²) in [6, 6.07) is 6.09. The number of aryl methyl sites for hydroxylation is 1. The van der Waals surface area contributed by atoms with Gasteiger partial charge in [0.15, 0.2) is 0 Å². The lowest BCUT2D eigenvalue weighted by molar-refractivity contribution is -0.139. The molecular weight excluding hydrogens is 202 g/mol. The van der Waals surface area contributed by atoms with Crippen LogP contribution in [0, 0.1) is 0 Å². The average Bonchev–Trinajstić information content (AvgIpc) is 2.27. The standard InChI is InChI=1S/C13H17NO2/c1-14(2)10-6-7-11-9(8-10)4-3-5-12(11)13(15)16/h6-8,12H,3-5H2,1-2H3,(H,15,16). The highest BCUT2D eigenvalue weighted by molar-refractivity contribution is 5.77. The highest BCUT2D eigenvalue weighted by Crippen LogP contribution is 2.33. The van der Waals surface area contributed by atoms with Gasteiger partial charge in [-0.05, 0) is 42.5 Å². The van der Waals surface area contributed by atoms with Gasteiger partial charge in [0, 0.05) is 19.8 Å². The summed E-state index contributed by atoms with van der Waals surface area (Å²) >= 11 is 0. The minimum absolute atomic E-state index is 0.306. The van der Waals surface area contributed by atoms with Crippen LogP contribution >= 0.6 is 0 Å². The second kappa shape index (κ2) is 4.16. The van der Waals surface area contributed by atoms with Gasteiger partial charge in [0.25, 0.3) is 0 Å². The topological polar surface area (TPSA) is 40.5 Å². The molecule has 0 fully saturated rings. The van der Waals surface area contributed by atoms with Crippen molar-refractivity contribution in [3.8, 4) is 0 Å². The molecule has 3 heteroatoms. The normalized spacial score (nSPS) is 19.0. The molecular formula is C13H17NO2. The summed E-state index contributed by atoms with van der Waals surface area (Å²) < 4.78 is 0. The number of carboxylic acids is 1. The van der Waals surface area contributed by atoms with E-state index < -0.39 is 5.97 Å². The van der Waals surface area contributed by atoms with Crippen LogP contribution in [-0.4, -0.2) is 25.2 Å². The van der Waals surface area contributed by atoms with Crippen LogP contribution in [0.15, 0.2) is 18.2 Å². The number of aliphatic carboxylic acids is 1. The van der Waals surface area contributed by atoms with E-state index in [9.17, 15) is 4.79 Å². The van der Waals surface area contributed by atoms with Gasteiger partial charge in [-0.1, -0.05) is 6.07 Å². The van der Waals surface area contributed by atoms with Crippen molar-refractivity contribution in [2.24, 2.45) is 0 Å². The maximum Gasteiger partial charge on any atom is 0.310 e. The molecule has 0 spiro atoms. The van der Waals surface area contributed by atoms with Crippen LogP contribution in [0.3, 0.4) is 0 Å². The predicted octanol–water partition coefficient (Wildman–Crippen LogP) is 2.26. The van der Waals surface area contributed by atoms with Crippen LogP contribution in [0.2, 0.25) is 0 Å². The number of hydrogen-bond acceptors (Lipinski definition) is 2. The fourth-order valence-corrected chi connectivity index (χ4v) is 2.34. The fraction of sp³-hybridized carbons (Fsp3) is 0.462. The number of hydrogen-bond donors (Lipinski definition) is 1. The van der Waals surface area contributed by atoms with Gasteiger partial charge in [-0.25, -0.2) is 0 Å². The smallest absolute Gasteiger partial charge is 0.310 e. The molecule has 3 nitrogen and oxygen atoms in total. The number of nitrogens with zero attached hydrogens (tertiary/aromatic N) is 1. The Balaban J connectivity index is 2.40. The Kier molecular flexibility index (Phi) is 2.86. The van der Waals surface area contributed by atoms with E-state index in [0.29, 0.717) is 0 Å². The van der Waals surface area contributed by atoms with Crippen LogP contribution in [0.25, 0.3) is 0 Å². The van der Waals surface area contributed by atoms with Gasteiger partial charge in [0.05, 0.1) is 5.92 Å². The van der Waals surface area contributed by atoms with Gasteiger partial charge >= 0.3 is 5.97 Å². The summed E-state index contributed by atoms with van der Waals surface area (Å²) in [6.07, 6.45) is 2.74. The lowest BCUT2D eigenvalue weighted by Crippen LogP contribution is -2.18. The Morgan fingerprint density at radius 3 is 2.81 bits per heavy atom. The summed E-state index contributed by atoms with van der Waals surface area (Å²) in [5.41, 5.74) is 3.35.